The highest BCUT2D eigenvalue weighted by Crippen LogP contribution is 2.39. The van der Waals surface area contributed by atoms with Gasteiger partial charge in [0.25, 0.3) is 5.91 Å². The second-order valence-electron chi connectivity index (χ2n) is 6.70. The highest BCUT2D eigenvalue weighted by molar-refractivity contribution is 5.88. The van der Waals surface area contributed by atoms with Gasteiger partial charge in [0.2, 0.25) is 0 Å². The molecule has 0 atom stereocenters. The second-order valence-corrected chi connectivity index (χ2v) is 6.70. The van der Waals surface area contributed by atoms with Crippen LogP contribution in [-0.2, 0) is 0 Å². The summed E-state index contributed by atoms with van der Waals surface area (Å²) in [5.41, 5.74) is 3.02. The van der Waals surface area contributed by atoms with Crippen molar-refractivity contribution in [2.75, 3.05) is 19.7 Å². The second kappa shape index (κ2) is 7.95. The Balaban J connectivity index is 2.00. The summed E-state index contributed by atoms with van der Waals surface area (Å²) in [6, 6.07) is 7.84. The van der Waals surface area contributed by atoms with Gasteiger partial charge in [-0.15, -0.1) is 0 Å². The van der Waals surface area contributed by atoms with Gasteiger partial charge in [-0.1, -0.05) is 12.1 Å². The molecule has 7 nitrogen and oxygen atoms in total. The van der Waals surface area contributed by atoms with Crippen LogP contribution in [0.15, 0.2) is 42.9 Å². The molecule has 144 valence electrons. The van der Waals surface area contributed by atoms with Crippen molar-refractivity contribution in [3.8, 4) is 22.5 Å². The lowest BCUT2D eigenvalue weighted by Gasteiger charge is -2.24. The van der Waals surface area contributed by atoms with Gasteiger partial charge in [0.1, 0.15) is 24.4 Å². The fraction of sp³-hybridized carbons (Fsp3) is 0.300. The third-order valence-corrected chi connectivity index (χ3v) is 4.95. The third-order valence-electron chi connectivity index (χ3n) is 4.95. The molecule has 3 heterocycles. The molecule has 0 bridgehead atoms. The third kappa shape index (κ3) is 3.44. The fourth-order valence-electron chi connectivity index (χ4n) is 3.69. The van der Waals surface area contributed by atoms with E-state index < -0.39 is 18.3 Å². The molecule has 1 aliphatic heterocycles. The van der Waals surface area contributed by atoms with Crippen LogP contribution in [0.5, 0.6) is 0 Å². The Bertz CT molecular complexity index is 984. The van der Waals surface area contributed by atoms with Crippen LogP contribution in [-0.4, -0.2) is 50.5 Å². The van der Waals surface area contributed by atoms with Gasteiger partial charge in [-0.2, -0.15) is 5.10 Å². The number of aliphatic hydroxyl groups excluding tert-OH is 1. The lowest BCUT2D eigenvalue weighted by Crippen LogP contribution is -2.29. The number of halogens is 1. The van der Waals surface area contributed by atoms with Crippen molar-refractivity contribution >= 4 is 5.91 Å². The summed E-state index contributed by atoms with van der Waals surface area (Å²) in [5.74, 6) is -0.847. The van der Waals surface area contributed by atoms with Crippen molar-refractivity contribution in [3.05, 3.63) is 54.4 Å². The zero-order valence-electron chi connectivity index (χ0n) is 15.2. The van der Waals surface area contributed by atoms with E-state index in [1.165, 1.54) is 23.1 Å². The first-order chi connectivity index (χ1) is 13.7. The van der Waals surface area contributed by atoms with Gasteiger partial charge in [0, 0.05) is 17.7 Å². The molecule has 1 aromatic carbocycles. The van der Waals surface area contributed by atoms with Crippen LogP contribution in [0.3, 0.4) is 0 Å². The Morgan fingerprint density at radius 1 is 1.29 bits per heavy atom. The molecule has 0 saturated carbocycles. The Kier molecular flexibility index (Phi) is 5.23. The Morgan fingerprint density at radius 3 is 2.79 bits per heavy atom. The van der Waals surface area contributed by atoms with E-state index in [2.05, 4.69) is 20.4 Å². The van der Waals surface area contributed by atoms with Gasteiger partial charge < -0.3 is 10.4 Å². The van der Waals surface area contributed by atoms with E-state index in [1.54, 1.807) is 24.4 Å². The van der Waals surface area contributed by atoms with Crippen molar-refractivity contribution in [3.63, 3.8) is 0 Å². The molecule has 0 aliphatic carbocycles. The Labute approximate surface area is 161 Å². The molecule has 0 radical (unpaired) electrons. The van der Waals surface area contributed by atoms with E-state index in [4.69, 9.17) is 0 Å². The van der Waals surface area contributed by atoms with Crippen molar-refractivity contribution < 1.29 is 14.3 Å². The number of hydrogen-bond donors (Lipinski definition) is 2. The van der Waals surface area contributed by atoms with Crippen LogP contribution >= 0.6 is 0 Å². The van der Waals surface area contributed by atoms with Crippen LogP contribution in [0.2, 0.25) is 0 Å². The number of benzene rings is 1. The molecule has 0 spiro atoms. The van der Waals surface area contributed by atoms with Gasteiger partial charge in [0.15, 0.2) is 0 Å². The first kappa shape index (κ1) is 18.4. The predicted octanol–water partition coefficient (Wildman–Crippen LogP) is 2.25. The molecule has 2 aromatic heterocycles. The molecule has 0 amide bonds. The minimum atomic E-state index is -0.661. The number of piperidine rings is 1. The molecule has 3 aromatic rings. The minimum absolute atomic E-state index is 0.0662. The minimum Gasteiger partial charge on any atom is -0.386 e. The summed E-state index contributed by atoms with van der Waals surface area (Å²) in [7, 11) is 0. The molecule has 1 aliphatic rings. The van der Waals surface area contributed by atoms with E-state index in [-0.39, 0.29) is 5.92 Å². The predicted molar refractivity (Wildman–Crippen MR) is 101 cm³/mol. The van der Waals surface area contributed by atoms with E-state index in [1.807, 2.05) is 0 Å². The maximum absolute atomic E-state index is 13.9. The number of carbonyl (C=O) groups is 1. The number of rotatable bonds is 4. The van der Waals surface area contributed by atoms with E-state index >= 15 is 0 Å². The summed E-state index contributed by atoms with van der Waals surface area (Å²) >= 11 is 0. The summed E-state index contributed by atoms with van der Waals surface area (Å²) in [5, 5.41) is 17.3. The summed E-state index contributed by atoms with van der Waals surface area (Å²) in [6.45, 7) is 0.981. The molecule has 2 N–H and O–H groups in total. The van der Waals surface area contributed by atoms with E-state index in [9.17, 15) is 14.3 Å². The SMILES string of the molecule is O=C(CO)n1nc(-c2cccc(F)c2)c(-c2ccncn2)c1C1CCNCC1. The standard InChI is InChI=1S/C20H20FN5O2/c21-15-3-1-2-14(10-15)19-18(16-6-9-23-12-24-16)20(13-4-7-22-8-5-13)26(25-19)17(28)11-27/h1-3,6,9-10,12-13,22,27H,4-5,7-8,11H2. The molecular weight excluding hydrogens is 361 g/mol. The highest BCUT2D eigenvalue weighted by atomic mass is 19.1. The van der Waals surface area contributed by atoms with Gasteiger partial charge in [-0.05, 0) is 44.1 Å². The molecule has 1 saturated heterocycles. The highest BCUT2D eigenvalue weighted by Gasteiger charge is 2.30. The van der Waals surface area contributed by atoms with Crippen molar-refractivity contribution in [1.29, 1.82) is 0 Å². The monoisotopic (exact) mass is 381 g/mol. The first-order valence-electron chi connectivity index (χ1n) is 9.19. The molecule has 28 heavy (non-hydrogen) atoms. The largest absolute Gasteiger partial charge is 0.386 e. The zero-order chi connectivity index (χ0) is 19.5. The van der Waals surface area contributed by atoms with Crippen LogP contribution in [0.4, 0.5) is 4.39 Å². The van der Waals surface area contributed by atoms with Gasteiger partial charge in [-0.25, -0.2) is 19.0 Å². The Hall–Kier alpha value is -2.97. The zero-order valence-corrected chi connectivity index (χ0v) is 15.2. The fourth-order valence-corrected chi connectivity index (χ4v) is 3.69. The topological polar surface area (TPSA) is 92.9 Å². The number of carbonyl (C=O) groups excluding carboxylic acids is 1. The normalized spacial score (nSPS) is 14.9. The maximum atomic E-state index is 13.9. The van der Waals surface area contributed by atoms with E-state index in [0.29, 0.717) is 28.2 Å². The average molecular weight is 381 g/mol. The van der Waals surface area contributed by atoms with Crippen molar-refractivity contribution in [2.45, 2.75) is 18.8 Å². The lowest BCUT2D eigenvalue weighted by molar-refractivity contribution is 0.0796. The van der Waals surface area contributed by atoms with Crippen LogP contribution in [0.1, 0.15) is 29.2 Å². The summed E-state index contributed by atoms with van der Waals surface area (Å²) < 4.78 is 15.2. The Morgan fingerprint density at radius 2 is 2.11 bits per heavy atom. The van der Waals surface area contributed by atoms with Gasteiger partial charge in [0.05, 0.1) is 17.0 Å². The van der Waals surface area contributed by atoms with Crippen LogP contribution < -0.4 is 5.32 Å². The smallest absolute Gasteiger partial charge is 0.272 e. The van der Waals surface area contributed by atoms with Gasteiger partial charge >= 0.3 is 0 Å². The number of aromatic nitrogens is 4. The number of aliphatic hydroxyl groups is 1. The molecule has 0 unspecified atom stereocenters. The van der Waals surface area contributed by atoms with E-state index in [0.717, 1.165) is 25.9 Å². The van der Waals surface area contributed by atoms with Crippen LogP contribution in [0.25, 0.3) is 22.5 Å². The molecule has 8 heteroatoms. The average Bonchev–Trinajstić information content (AvgIpc) is 3.15. The number of nitrogens with one attached hydrogen (secondary N) is 1. The maximum Gasteiger partial charge on any atom is 0.272 e. The van der Waals surface area contributed by atoms with Crippen LogP contribution in [0, 0.1) is 5.82 Å². The molecule has 4 rings (SSSR count). The molecule has 1 fully saturated rings. The number of nitrogens with zero attached hydrogens (tertiary/aromatic N) is 4. The summed E-state index contributed by atoms with van der Waals surface area (Å²) in [6.07, 6.45) is 4.70. The number of hydrogen-bond acceptors (Lipinski definition) is 6. The van der Waals surface area contributed by atoms with Crippen molar-refractivity contribution in [2.24, 2.45) is 0 Å². The van der Waals surface area contributed by atoms with Gasteiger partial charge in [-0.3, -0.25) is 4.79 Å². The first-order valence-corrected chi connectivity index (χ1v) is 9.19. The molecular formula is C20H20FN5O2. The van der Waals surface area contributed by atoms with Crippen molar-refractivity contribution in [1.82, 2.24) is 25.1 Å². The lowest BCUT2D eigenvalue weighted by atomic mass is 9.89. The summed E-state index contributed by atoms with van der Waals surface area (Å²) in [4.78, 5) is 20.8. The quantitative estimate of drug-likeness (QED) is 0.720.